The summed E-state index contributed by atoms with van der Waals surface area (Å²) in [6.07, 6.45) is 0.989. The molecule has 0 unspecified atom stereocenters. The fourth-order valence-corrected chi connectivity index (χ4v) is 2.98. The van der Waals surface area contributed by atoms with Crippen LogP contribution in [-0.4, -0.2) is 23.3 Å². The predicted molar refractivity (Wildman–Crippen MR) is 106 cm³/mol. The van der Waals surface area contributed by atoms with Crippen molar-refractivity contribution in [2.75, 3.05) is 17.7 Å². The quantitative estimate of drug-likeness (QED) is 0.633. The van der Waals surface area contributed by atoms with Crippen molar-refractivity contribution in [3.63, 3.8) is 0 Å². The first kappa shape index (κ1) is 18.7. The molecule has 3 rings (SSSR count). The third-order valence-corrected chi connectivity index (χ3v) is 4.55. The van der Waals surface area contributed by atoms with E-state index in [1.54, 1.807) is 19.2 Å². The zero-order valence-electron chi connectivity index (χ0n) is 15.1. The molecule has 140 valence electrons. The molecular weight excluding hydrogens is 364 g/mol. The van der Waals surface area contributed by atoms with Gasteiger partial charge in [-0.2, -0.15) is 0 Å². The summed E-state index contributed by atoms with van der Waals surface area (Å²) < 4.78 is 10.9. The highest BCUT2D eigenvalue weighted by Gasteiger charge is 2.11. The Hall–Kier alpha value is -3.13. The van der Waals surface area contributed by atoms with Crippen LogP contribution in [0.15, 0.2) is 48.5 Å². The Kier molecular flexibility index (Phi) is 6.22. The number of aryl methyl sites for hydroxylation is 1. The minimum Gasteiger partial charge on any atom is -0.495 e. The molecule has 0 saturated carbocycles. The lowest BCUT2D eigenvalue weighted by Crippen LogP contribution is -2.19. The maximum atomic E-state index is 12.1. The minimum atomic E-state index is -0.418. The van der Waals surface area contributed by atoms with Crippen LogP contribution in [0.5, 0.6) is 11.5 Å². The van der Waals surface area contributed by atoms with Gasteiger partial charge in [-0.25, -0.2) is 4.79 Å². The van der Waals surface area contributed by atoms with Gasteiger partial charge in [0, 0.05) is 0 Å². The van der Waals surface area contributed by atoms with Gasteiger partial charge in [-0.15, -0.1) is 10.2 Å². The summed E-state index contributed by atoms with van der Waals surface area (Å²) in [6, 6.07) is 14.7. The Morgan fingerprint density at radius 3 is 2.59 bits per heavy atom. The van der Waals surface area contributed by atoms with Crippen LogP contribution in [0.3, 0.4) is 0 Å². The Balaban J connectivity index is 1.53. The van der Waals surface area contributed by atoms with Crippen LogP contribution < -0.4 is 20.1 Å². The van der Waals surface area contributed by atoms with Crippen molar-refractivity contribution in [1.82, 2.24) is 10.2 Å². The molecule has 27 heavy (non-hydrogen) atoms. The van der Waals surface area contributed by atoms with E-state index in [-0.39, 0.29) is 0 Å². The van der Waals surface area contributed by atoms with Gasteiger partial charge in [-0.05, 0) is 36.2 Å². The summed E-state index contributed by atoms with van der Waals surface area (Å²) in [4.78, 5) is 12.1. The summed E-state index contributed by atoms with van der Waals surface area (Å²) in [5, 5.41) is 14.4. The smallest absolute Gasteiger partial charge is 0.325 e. The van der Waals surface area contributed by atoms with Gasteiger partial charge in [0.25, 0.3) is 0 Å². The van der Waals surface area contributed by atoms with Crippen LogP contribution in [-0.2, 0) is 13.0 Å². The summed E-state index contributed by atoms with van der Waals surface area (Å²) in [5.41, 5.74) is 1.83. The average molecular weight is 384 g/mol. The Bertz CT molecular complexity index is 896. The van der Waals surface area contributed by atoms with Crippen LogP contribution in [0, 0.1) is 0 Å². The largest absolute Gasteiger partial charge is 0.495 e. The molecular formula is C19H20N4O3S. The molecule has 1 aromatic heterocycles. The monoisotopic (exact) mass is 384 g/mol. The molecule has 0 aliphatic rings. The molecule has 0 atom stereocenters. The van der Waals surface area contributed by atoms with Crippen LogP contribution in [0.1, 0.15) is 17.5 Å². The van der Waals surface area contributed by atoms with Crippen LogP contribution >= 0.6 is 11.3 Å². The van der Waals surface area contributed by atoms with Gasteiger partial charge >= 0.3 is 6.03 Å². The Morgan fingerprint density at radius 1 is 1.07 bits per heavy atom. The first-order valence-corrected chi connectivity index (χ1v) is 9.24. The first-order chi connectivity index (χ1) is 13.2. The second-order valence-electron chi connectivity index (χ2n) is 5.57. The molecule has 8 heteroatoms. The lowest BCUT2D eigenvalue weighted by molar-refractivity contribution is 0.262. The van der Waals surface area contributed by atoms with E-state index < -0.39 is 6.03 Å². The van der Waals surface area contributed by atoms with Crippen molar-refractivity contribution in [2.24, 2.45) is 0 Å². The fraction of sp³-hybridized carbons (Fsp3) is 0.211. The number of ether oxygens (including phenoxy) is 2. The molecule has 0 spiro atoms. The third kappa shape index (κ3) is 5.18. The highest BCUT2D eigenvalue weighted by molar-refractivity contribution is 7.15. The maximum Gasteiger partial charge on any atom is 0.325 e. The maximum absolute atomic E-state index is 12.1. The van der Waals surface area contributed by atoms with Crippen LogP contribution in [0.25, 0.3) is 0 Å². The average Bonchev–Trinajstić information content (AvgIpc) is 3.14. The van der Waals surface area contributed by atoms with Gasteiger partial charge in [-0.3, -0.25) is 5.32 Å². The van der Waals surface area contributed by atoms with Gasteiger partial charge in [-0.1, -0.05) is 42.5 Å². The topological polar surface area (TPSA) is 85.4 Å². The number of aromatic nitrogens is 2. The number of rotatable bonds is 7. The number of carbonyl (C=O) groups is 1. The van der Waals surface area contributed by atoms with Crippen molar-refractivity contribution in [3.8, 4) is 11.5 Å². The third-order valence-electron chi connectivity index (χ3n) is 3.74. The Morgan fingerprint density at radius 2 is 1.85 bits per heavy atom. The van der Waals surface area contributed by atoms with E-state index in [2.05, 4.69) is 27.8 Å². The van der Waals surface area contributed by atoms with Gasteiger partial charge in [0.15, 0.2) is 5.01 Å². The van der Waals surface area contributed by atoms with Crippen molar-refractivity contribution in [2.45, 2.75) is 20.0 Å². The van der Waals surface area contributed by atoms with E-state index >= 15 is 0 Å². The SMILES string of the molecule is CCc1ccc(OCc2nnc(NC(=O)Nc3ccccc3OC)s2)cc1. The summed E-state index contributed by atoms with van der Waals surface area (Å²) in [6.45, 7) is 2.40. The van der Waals surface area contributed by atoms with Crippen LogP contribution in [0.4, 0.5) is 15.6 Å². The molecule has 3 aromatic rings. The number of amides is 2. The minimum absolute atomic E-state index is 0.291. The number of nitrogens with one attached hydrogen (secondary N) is 2. The molecule has 1 heterocycles. The van der Waals surface area contributed by atoms with Crippen molar-refractivity contribution in [3.05, 3.63) is 59.1 Å². The molecule has 0 bridgehead atoms. The number of benzene rings is 2. The molecule has 2 N–H and O–H groups in total. The summed E-state index contributed by atoms with van der Waals surface area (Å²) in [5.74, 6) is 1.35. The number of para-hydroxylation sites is 2. The van der Waals surface area contributed by atoms with Gasteiger partial charge < -0.3 is 14.8 Å². The number of carbonyl (C=O) groups excluding carboxylic acids is 1. The fourth-order valence-electron chi connectivity index (χ4n) is 2.33. The summed E-state index contributed by atoms with van der Waals surface area (Å²) >= 11 is 1.26. The molecule has 2 aromatic carbocycles. The molecule has 0 radical (unpaired) electrons. The van der Waals surface area contributed by atoms with E-state index in [0.717, 1.165) is 12.2 Å². The van der Waals surface area contributed by atoms with Crippen LogP contribution in [0.2, 0.25) is 0 Å². The van der Waals surface area contributed by atoms with E-state index in [1.807, 2.05) is 36.4 Å². The summed E-state index contributed by atoms with van der Waals surface area (Å²) in [7, 11) is 1.55. The molecule has 0 saturated heterocycles. The van der Waals surface area contributed by atoms with Crippen molar-refractivity contribution in [1.29, 1.82) is 0 Å². The van der Waals surface area contributed by atoms with Crippen molar-refractivity contribution >= 4 is 28.2 Å². The lowest BCUT2D eigenvalue weighted by Gasteiger charge is -2.09. The number of anilines is 2. The Labute approximate surface area is 161 Å². The zero-order valence-corrected chi connectivity index (χ0v) is 15.9. The zero-order chi connectivity index (χ0) is 19.1. The van der Waals surface area contributed by atoms with E-state index in [1.165, 1.54) is 16.9 Å². The lowest BCUT2D eigenvalue weighted by atomic mass is 10.2. The molecule has 2 amide bonds. The molecule has 0 aliphatic carbocycles. The highest BCUT2D eigenvalue weighted by atomic mass is 32.1. The second-order valence-corrected chi connectivity index (χ2v) is 6.63. The normalized spacial score (nSPS) is 10.3. The van der Waals surface area contributed by atoms with Gasteiger partial charge in [0.05, 0.1) is 12.8 Å². The molecule has 0 fully saturated rings. The first-order valence-electron chi connectivity index (χ1n) is 8.43. The van der Waals surface area contributed by atoms with Gasteiger partial charge in [0.2, 0.25) is 5.13 Å². The van der Waals surface area contributed by atoms with E-state index in [4.69, 9.17) is 9.47 Å². The standard InChI is InChI=1S/C19H20N4O3S/c1-3-13-8-10-14(11-9-13)26-12-17-22-23-19(27-17)21-18(24)20-15-6-4-5-7-16(15)25-2/h4-11H,3,12H2,1-2H3,(H2,20,21,23,24). The van der Waals surface area contributed by atoms with Gasteiger partial charge in [0.1, 0.15) is 18.1 Å². The molecule has 7 nitrogen and oxygen atoms in total. The van der Waals surface area contributed by atoms with E-state index in [0.29, 0.717) is 28.2 Å². The number of methoxy groups -OCH3 is 1. The number of nitrogens with zero attached hydrogens (tertiary/aromatic N) is 2. The number of hydrogen-bond acceptors (Lipinski definition) is 6. The van der Waals surface area contributed by atoms with Crippen molar-refractivity contribution < 1.29 is 14.3 Å². The van der Waals surface area contributed by atoms with E-state index in [9.17, 15) is 4.79 Å². The number of urea groups is 1. The predicted octanol–water partition coefficient (Wildman–Crippen LogP) is 4.33. The second kappa shape index (κ2) is 9.00. The number of hydrogen-bond donors (Lipinski definition) is 2. The highest BCUT2D eigenvalue weighted by Crippen LogP contribution is 2.24. The molecule has 0 aliphatic heterocycles.